The second kappa shape index (κ2) is 28.2. The third-order valence-electron chi connectivity index (χ3n) is 26.5. The molecule has 0 saturated heterocycles. The molecule has 123 heavy (non-hydrogen) atoms. The number of hydrogen-bond donors (Lipinski definition) is 0. The fourth-order valence-corrected chi connectivity index (χ4v) is 19.5. The summed E-state index contributed by atoms with van der Waals surface area (Å²) < 4.78 is 57.2. The van der Waals surface area contributed by atoms with Gasteiger partial charge in [0.15, 0.2) is 0 Å². The van der Waals surface area contributed by atoms with Gasteiger partial charge in [-0.1, -0.05) is 320 Å². The van der Waals surface area contributed by atoms with Crippen molar-refractivity contribution in [2.75, 3.05) is 9.80 Å². The standard InChI is InChI=1S/C117H111BN4O/c1-111(2,3)78-46-54-98-90(62-78)91-63-79(112(4,5)6)47-55-99(91)119(98)84-50-52-96-102(70-84)121(109-86(72-35-25-21-26-36-72)66-82(115(13,14)15)67-87(109)73-37-27-22-28-38-73)104-60-77(76-45-58-107-95(59-76)117(19,20)94-43-33-34-44-106(94)123-107)61-105-108(104)118(96)97-53-51-85(120-100-56-48-80(113(7,8)9)64-92(100)93-65-81(114(10,11)12)49-57-101(93)120)71-103(97)122(105)110-88(74-39-29-23-30-40-74)68-83(116(16,17)18)69-89(110)75-41-31-24-32-42-75/h21-71H,1-20H3/i66D,67D,68D,69D. The molecule has 17 aromatic rings. The molecule has 5 heterocycles. The van der Waals surface area contributed by atoms with Gasteiger partial charge in [-0.05, 0) is 243 Å². The summed E-state index contributed by atoms with van der Waals surface area (Å²) in [6.07, 6.45) is 0. The maximum Gasteiger partial charge on any atom is 0.252 e. The summed E-state index contributed by atoms with van der Waals surface area (Å²) >= 11 is 0. The molecular formula is C117H111BN4O. The molecule has 0 unspecified atom stereocenters. The number of benzene rings is 15. The second-order valence-corrected chi connectivity index (χ2v) is 41.5. The molecule has 0 saturated carbocycles. The number of nitrogens with zero attached hydrogens (tertiary/aromatic N) is 4. The Morgan fingerprint density at radius 3 is 0.927 bits per heavy atom. The molecule has 15 aromatic carbocycles. The van der Waals surface area contributed by atoms with Crippen LogP contribution in [-0.4, -0.2) is 15.8 Å². The number of hydrogen-bond acceptors (Lipinski definition) is 3. The van der Waals surface area contributed by atoms with Crippen molar-refractivity contribution in [1.82, 2.24) is 9.13 Å². The molecule has 5 nitrogen and oxygen atoms in total. The minimum absolute atomic E-state index is 0.142. The largest absolute Gasteiger partial charge is 0.457 e. The van der Waals surface area contributed by atoms with E-state index in [-0.39, 0.29) is 45.8 Å². The van der Waals surface area contributed by atoms with Gasteiger partial charge >= 0.3 is 0 Å². The number of aromatic nitrogens is 2. The predicted molar refractivity (Wildman–Crippen MR) is 527 cm³/mol. The number of fused-ring (bicyclic) bond motifs is 12. The van der Waals surface area contributed by atoms with Crippen LogP contribution >= 0.6 is 0 Å². The molecule has 0 aliphatic carbocycles. The Hall–Kier alpha value is -12.6. The molecule has 6 heteroatoms. The lowest BCUT2D eigenvalue weighted by atomic mass is 9.33. The lowest BCUT2D eigenvalue weighted by Crippen LogP contribution is -2.61. The maximum absolute atomic E-state index is 11.3. The number of ether oxygens (including phenoxy) is 1. The molecular weight excluding hydrogens is 1490 g/mol. The molecule has 2 aromatic heterocycles. The third kappa shape index (κ3) is 13.2. The summed E-state index contributed by atoms with van der Waals surface area (Å²) in [7, 11) is 0. The van der Waals surface area contributed by atoms with E-state index < -0.39 is 23.0 Å². The smallest absolute Gasteiger partial charge is 0.252 e. The fraction of sp³-hybridized carbons (Fsp3) is 0.231. The number of para-hydroxylation sites is 1. The molecule has 0 atom stereocenters. The van der Waals surface area contributed by atoms with Gasteiger partial charge in [-0.15, -0.1) is 0 Å². The zero-order valence-electron chi connectivity index (χ0n) is 78.9. The predicted octanol–water partition coefficient (Wildman–Crippen LogP) is 30.5. The summed E-state index contributed by atoms with van der Waals surface area (Å²) in [5, 5.41) is 4.70. The van der Waals surface area contributed by atoms with Crippen molar-refractivity contribution in [3.05, 3.63) is 354 Å². The van der Waals surface area contributed by atoms with Crippen LogP contribution in [0.4, 0.5) is 34.1 Å². The van der Waals surface area contributed by atoms with Gasteiger partial charge < -0.3 is 23.7 Å². The Morgan fingerprint density at radius 1 is 0.276 bits per heavy atom. The molecule has 0 amide bonds. The first-order valence-electron chi connectivity index (χ1n) is 46.0. The van der Waals surface area contributed by atoms with Crippen LogP contribution in [0, 0.1) is 0 Å². The van der Waals surface area contributed by atoms with Crippen LogP contribution in [0.25, 0.3) is 111 Å². The molecule has 0 bridgehead atoms. The SMILES string of the molecule is [2H]c1c(-c2ccccc2)c(N2c3cc(-n4c5ccc(C(C)(C)C)cc5c5cc(C(C)(C)C)ccc54)ccc3B3c4ccc(-n5c6ccc(C(C)(C)C)cc6c6cc(C(C)(C)C)ccc65)cc4N(c4c(-c5ccccc5)c([2H])c(C(C)(C)C)c([2H])c4-c4ccccc4)c4cc(-c5ccc6c(c5)C(C)(C)c5ccccc5O6)cc2c43)c(-c2ccccc2)c([2H])c1C(C)(C)C. The molecule has 608 valence electrons. The van der Waals surface area contributed by atoms with Crippen LogP contribution in [0.3, 0.4) is 0 Å². The number of rotatable bonds is 9. The van der Waals surface area contributed by atoms with E-state index in [2.05, 4.69) is 443 Å². The lowest BCUT2D eigenvalue weighted by Gasteiger charge is -2.46. The summed E-state index contributed by atoms with van der Waals surface area (Å²) in [5.74, 6) is 1.62. The van der Waals surface area contributed by atoms with Crippen molar-refractivity contribution >= 4 is 101 Å². The van der Waals surface area contributed by atoms with Crippen molar-refractivity contribution in [3.8, 4) is 78.5 Å². The van der Waals surface area contributed by atoms with Crippen molar-refractivity contribution in [2.45, 2.75) is 176 Å². The van der Waals surface area contributed by atoms with Gasteiger partial charge in [0.2, 0.25) is 0 Å². The molecule has 0 N–H and O–H groups in total. The van der Waals surface area contributed by atoms with Gasteiger partial charge in [-0.3, -0.25) is 0 Å². The Balaban J connectivity index is 1.01. The summed E-state index contributed by atoms with van der Waals surface area (Å²) in [5.41, 5.74) is 28.2. The van der Waals surface area contributed by atoms with E-state index in [1.54, 1.807) is 0 Å². The van der Waals surface area contributed by atoms with Crippen molar-refractivity contribution in [1.29, 1.82) is 0 Å². The highest BCUT2D eigenvalue weighted by Gasteiger charge is 2.47. The van der Waals surface area contributed by atoms with Gasteiger partial charge in [-0.25, -0.2) is 0 Å². The first-order valence-corrected chi connectivity index (χ1v) is 44.0. The van der Waals surface area contributed by atoms with Gasteiger partial charge in [0.1, 0.15) is 11.5 Å². The normalized spacial score (nSPS) is 14.4. The summed E-state index contributed by atoms with van der Waals surface area (Å²) in [6.45, 7) is 44.6. The molecule has 0 spiro atoms. The van der Waals surface area contributed by atoms with Gasteiger partial charge in [0.25, 0.3) is 6.71 Å². The highest BCUT2D eigenvalue weighted by atomic mass is 16.5. The zero-order chi connectivity index (χ0) is 89.2. The van der Waals surface area contributed by atoms with E-state index in [1.807, 2.05) is 0 Å². The monoisotopic (exact) mass is 1600 g/mol. The first-order chi connectivity index (χ1) is 60.2. The molecule has 3 aliphatic heterocycles. The first kappa shape index (κ1) is 74.2. The fourth-order valence-electron chi connectivity index (χ4n) is 19.5. The summed E-state index contributed by atoms with van der Waals surface area (Å²) in [6, 6.07) is 106. The van der Waals surface area contributed by atoms with E-state index >= 15 is 0 Å². The van der Waals surface area contributed by atoms with Crippen LogP contribution in [0.15, 0.2) is 309 Å². The molecule has 0 radical (unpaired) electrons. The Kier molecular flexibility index (Phi) is 17.0. The highest BCUT2D eigenvalue weighted by molar-refractivity contribution is 7.00. The third-order valence-corrected chi connectivity index (χ3v) is 26.5. The number of anilines is 6. The van der Waals surface area contributed by atoms with Gasteiger partial charge in [0, 0.05) is 94.5 Å². The van der Waals surface area contributed by atoms with Crippen LogP contribution in [-0.2, 0) is 37.9 Å². The van der Waals surface area contributed by atoms with Crippen molar-refractivity contribution in [3.63, 3.8) is 0 Å². The zero-order valence-corrected chi connectivity index (χ0v) is 74.9. The van der Waals surface area contributed by atoms with E-state index in [0.29, 0.717) is 44.8 Å². The topological polar surface area (TPSA) is 25.6 Å². The Bertz CT molecular complexity index is 6760. The van der Waals surface area contributed by atoms with Crippen LogP contribution in [0.1, 0.15) is 188 Å². The quantitative estimate of drug-likeness (QED) is 0.135. The van der Waals surface area contributed by atoms with Crippen molar-refractivity contribution in [2.24, 2.45) is 0 Å². The lowest BCUT2D eigenvalue weighted by molar-refractivity contribution is 0.418. The minimum Gasteiger partial charge on any atom is -0.457 e. The Labute approximate surface area is 734 Å². The average molecular weight is 1600 g/mol. The van der Waals surface area contributed by atoms with E-state index in [0.717, 1.165) is 129 Å². The van der Waals surface area contributed by atoms with E-state index in [4.69, 9.17) is 4.74 Å². The highest BCUT2D eigenvalue weighted by Crippen LogP contribution is 2.58. The van der Waals surface area contributed by atoms with Crippen LogP contribution in [0.5, 0.6) is 11.5 Å². The Morgan fingerprint density at radius 2 is 0.593 bits per heavy atom. The van der Waals surface area contributed by atoms with Gasteiger partial charge in [0.05, 0.1) is 38.9 Å². The van der Waals surface area contributed by atoms with E-state index in [9.17, 15) is 5.48 Å². The maximum atomic E-state index is 11.3. The van der Waals surface area contributed by atoms with Crippen LogP contribution in [0.2, 0.25) is 0 Å². The van der Waals surface area contributed by atoms with Crippen LogP contribution < -0.4 is 30.9 Å². The molecule has 3 aliphatic rings. The molecule has 20 rings (SSSR count). The average Bonchev–Trinajstić information content (AvgIpc) is 0.878. The van der Waals surface area contributed by atoms with Gasteiger partial charge in [-0.2, -0.15) is 0 Å². The molecule has 0 fully saturated rings. The van der Waals surface area contributed by atoms with E-state index in [1.165, 1.54) is 43.8 Å². The summed E-state index contributed by atoms with van der Waals surface area (Å²) in [4.78, 5) is 4.99. The van der Waals surface area contributed by atoms with Crippen molar-refractivity contribution < 1.29 is 10.2 Å². The minimum atomic E-state index is -0.673. The second-order valence-electron chi connectivity index (χ2n) is 41.5.